The Hall–Kier alpha value is -2.91. The second-order valence-electron chi connectivity index (χ2n) is 7.16. The van der Waals surface area contributed by atoms with Gasteiger partial charge in [0.25, 0.3) is 0 Å². The SMILES string of the molecule is CCc1cccc(CC)c1Nc1nnc(SC(C)C(=O)Nc2ccc(NC(C)=O)cc2)s1. The summed E-state index contributed by atoms with van der Waals surface area (Å²) in [5.74, 6) is -0.265. The van der Waals surface area contributed by atoms with Gasteiger partial charge in [-0.2, -0.15) is 0 Å². The Bertz CT molecular complexity index is 1060. The van der Waals surface area contributed by atoms with Crippen molar-refractivity contribution in [2.45, 2.75) is 50.1 Å². The smallest absolute Gasteiger partial charge is 0.237 e. The van der Waals surface area contributed by atoms with Crippen LogP contribution in [0, 0.1) is 0 Å². The molecule has 0 bridgehead atoms. The highest BCUT2D eigenvalue weighted by Gasteiger charge is 2.18. The van der Waals surface area contributed by atoms with E-state index >= 15 is 0 Å². The number of carbonyl (C=O) groups excluding carboxylic acids is 2. The first-order valence-corrected chi connectivity index (χ1v) is 12.2. The van der Waals surface area contributed by atoms with Crippen LogP contribution in [0.15, 0.2) is 46.8 Å². The zero-order valence-corrected chi connectivity index (χ0v) is 20.2. The lowest BCUT2D eigenvalue weighted by molar-refractivity contribution is -0.115. The van der Waals surface area contributed by atoms with Gasteiger partial charge in [-0.25, -0.2) is 0 Å². The minimum atomic E-state index is -0.347. The molecule has 3 rings (SSSR count). The molecule has 0 aliphatic carbocycles. The summed E-state index contributed by atoms with van der Waals surface area (Å²) in [4.78, 5) is 23.7. The molecule has 0 aliphatic heterocycles. The monoisotopic (exact) mass is 469 g/mol. The number of anilines is 4. The van der Waals surface area contributed by atoms with Crippen LogP contribution in [-0.4, -0.2) is 27.3 Å². The number of aromatic nitrogens is 2. The molecule has 1 heterocycles. The van der Waals surface area contributed by atoms with Crippen molar-refractivity contribution in [2.24, 2.45) is 0 Å². The number of rotatable bonds is 9. The quantitative estimate of drug-likeness (QED) is 0.359. The highest BCUT2D eigenvalue weighted by Crippen LogP contribution is 2.33. The topological polar surface area (TPSA) is 96.0 Å². The van der Waals surface area contributed by atoms with E-state index in [2.05, 4.69) is 58.2 Å². The van der Waals surface area contributed by atoms with Crippen LogP contribution >= 0.6 is 23.1 Å². The van der Waals surface area contributed by atoms with Gasteiger partial charge in [0.2, 0.25) is 16.9 Å². The third-order valence-corrected chi connectivity index (χ3v) is 6.78. The number of amides is 2. The maximum atomic E-state index is 12.6. The first kappa shape index (κ1) is 23.7. The predicted molar refractivity (Wildman–Crippen MR) is 133 cm³/mol. The second kappa shape index (κ2) is 11.1. The Morgan fingerprint density at radius 3 is 2.12 bits per heavy atom. The van der Waals surface area contributed by atoms with E-state index in [1.807, 2.05) is 6.92 Å². The molecule has 0 spiro atoms. The number of nitrogens with zero attached hydrogens (tertiary/aromatic N) is 2. The molecule has 1 aromatic heterocycles. The molecule has 9 heteroatoms. The minimum Gasteiger partial charge on any atom is -0.330 e. The molecule has 2 amide bonds. The van der Waals surface area contributed by atoms with Crippen molar-refractivity contribution < 1.29 is 9.59 Å². The third kappa shape index (κ3) is 6.30. The van der Waals surface area contributed by atoms with Gasteiger partial charge in [0.15, 0.2) is 4.34 Å². The Labute approximate surface area is 196 Å². The van der Waals surface area contributed by atoms with Gasteiger partial charge in [0.05, 0.1) is 5.25 Å². The summed E-state index contributed by atoms with van der Waals surface area (Å²) < 4.78 is 0.725. The van der Waals surface area contributed by atoms with Crippen molar-refractivity contribution in [2.75, 3.05) is 16.0 Å². The van der Waals surface area contributed by atoms with Crippen LogP contribution in [0.5, 0.6) is 0 Å². The lowest BCUT2D eigenvalue weighted by Gasteiger charge is -2.13. The summed E-state index contributed by atoms with van der Waals surface area (Å²) in [7, 11) is 0. The highest BCUT2D eigenvalue weighted by atomic mass is 32.2. The van der Waals surface area contributed by atoms with Gasteiger partial charge in [-0.05, 0) is 55.2 Å². The molecule has 0 saturated carbocycles. The molecule has 0 saturated heterocycles. The number of benzene rings is 2. The molecular formula is C23H27N5O2S2. The largest absolute Gasteiger partial charge is 0.330 e. The predicted octanol–water partition coefficient (Wildman–Crippen LogP) is 5.48. The standard InChI is InChI=1S/C23H27N5O2S2/c1-5-16-8-7-9-17(6-2)20(16)26-22-27-28-23(32-22)31-14(3)21(30)25-19-12-10-18(11-13-19)24-15(4)29/h7-14H,5-6H2,1-4H3,(H,24,29)(H,25,30)(H,26,27). The van der Waals surface area contributed by atoms with E-state index in [9.17, 15) is 9.59 Å². The van der Waals surface area contributed by atoms with Gasteiger partial charge in [-0.15, -0.1) is 10.2 Å². The molecule has 0 radical (unpaired) electrons. The van der Waals surface area contributed by atoms with Crippen molar-refractivity contribution in [3.05, 3.63) is 53.6 Å². The summed E-state index contributed by atoms with van der Waals surface area (Å²) in [6, 6.07) is 13.3. The van der Waals surface area contributed by atoms with Gasteiger partial charge in [0, 0.05) is 24.0 Å². The van der Waals surface area contributed by atoms with E-state index in [1.54, 1.807) is 24.3 Å². The van der Waals surface area contributed by atoms with Crippen LogP contribution in [0.1, 0.15) is 38.8 Å². The summed E-state index contributed by atoms with van der Waals surface area (Å²) in [5.41, 5.74) is 4.93. The molecule has 3 N–H and O–H groups in total. The van der Waals surface area contributed by atoms with Gasteiger partial charge in [-0.3, -0.25) is 9.59 Å². The fourth-order valence-corrected chi connectivity index (χ4v) is 5.01. The lowest BCUT2D eigenvalue weighted by Crippen LogP contribution is -2.22. The van der Waals surface area contributed by atoms with E-state index < -0.39 is 0 Å². The summed E-state index contributed by atoms with van der Waals surface area (Å²) >= 11 is 2.80. The van der Waals surface area contributed by atoms with Crippen molar-refractivity contribution in [1.29, 1.82) is 0 Å². The van der Waals surface area contributed by atoms with Crippen LogP contribution in [0.3, 0.4) is 0 Å². The van der Waals surface area contributed by atoms with E-state index in [4.69, 9.17) is 0 Å². The Balaban J connectivity index is 1.60. The van der Waals surface area contributed by atoms with Crippen LogP contribution < -0.4 is 16.0 Å². The Kier molecular flexibility index (Phi) is 8.24. The zero-order valence-electron chi connectivity index (χ0n) is 18.6. The Morgan fingerprint density at radius 1 is 0.969 bits per heavy atom. The number of nitrogens with one attached hydrogen (secondary N) is 3. The molecule has 2 aromatic carbocycles. The summed E-state index contributed by atoms with van der Waals surface area (Å²) in [5, 5.41) is 17.9. The number of hydrogen-bond donors (Lipinski definition) is 3. The van der Waals surface area contributed by atoms with Crippen LogP contribution in [0.25, 0.3) is 0 Å². The summed E-state index contributed by atoms with van der Waals surface area (Å²) in [6.45, 7) is 7.56. The van der Waals surface area contributed by atoms with Crippen LogP contribution in [0.2, 0.25) is 0 Å². The van der Waals surface area contributed by atoms with E-state index in [1.165, 1.54) is 41.1 Å². The first-order valence-electron chi connectivity index (χ1n) is 10.5. The number of aryl methyl sites for hydroxylation is 2. The number of thioether (sulfide) groups is 1. The average molecular weight is 470 g/mol. The van der Waals surface area contributed by atoms with Gasteiger partial charge < -0.3 is 16.0 Å². The second-order valence-corrected chi connectivity index (χ2v) is 9.73. The molecule has 0 fully saturated rings. The maximum absolute atomic E-state index is 12.6. The van der Waals surface area contributed by atoms with Crippen molar-refractivity contribution in [3.8, 4) is 0 Å². The Morgan fingerprint density at radius 2 is 1.56 bits per heavy atom. The van der Waals surface area contributed by atoms with Crippen LogP contribution in [0.4, 0.5) is 22.2 Å². The molecule has 7 nitrogen and oxygen atoms in total. The van der Waals surface area contributed by atoms with E-state index in [-0.39, 0.29) is 17.1 Å². The molecule has 32 heavy (non-hydrogen) atoms. The fraction of sp³-hybridized carbons (Fsp3) is 0.304. The highest BCUT2D eigenvalue weighted by molar-refractivity contribution is 8.02. The van der Waals surface area contributed by atoms with Gasteiger partial charge in [0.1, 0.15) is 0 Å². The normalized spacial score (nSPS) is 11.6. The molecule has 3 aromatic rings. The number of hydrogen-bond acceptors (Lipinski definition) is 7. The van der Waals surface area contributed by atoms with E-state index in [0.29, 0.717) is 16.5 Å². The van der Waals surface area contributed by atoms with Gasteiger partial charge in [-0.1, -0.05) is 55.1 Å². The lowest BCUT2D eigenvalue weighted by atomic mass is 10.0. The third-order valence-electron chi connectivity index (χ3n) is 4.76. The zero-order chi connectivity index (χ0) is 23.1. The maximum Gasteiger partial charge on any atom is 0.237 e. The fourth-order valence-electron chi connectivity index (χ4n) is 3.11. The molecular weight excluding hydrogens is 442 g/mol. The van der Waals surface area contributed by atoms with E-state index in [0.717, 1.165) is 22.9 Å². The molecule has 168 valence electrons. The number of para-hydroxylation sites is 1. The number of carbonyl (C=O) groups is 2. The first-order chi connectivity index (χ1) is 15.4. The van der Waals surface area contributed by atoms with Crippen LogP contribution in [-0.2, 0) is 22.4 Å². The molecule has 0 aliphatic rings. The minimum absolute atomic E-state index is 0.128. The average Bonchev–Trinajstić information content (AvgIpc) is 3.21. The molecule has 1 unspecified atom stereocenters. The van der Waals surface area contributed by atoms with Gasteiger partial charge >= 0.3 is 0 Å². The van der Waals surface area contributed by atoms with Crippen molar-refractivity contribution >= 4 is 57.1 Å². The van der Waals surface area contributed by atoms with Crippen molar-refractivity contribution in [1.82, 2.24) is 10.2 Å². The van der Waals surface area contributed by atoms with Crippen molar-refractivity contribution in [3.63, 3.8) is 0 Å². The summed E-state index contributed by atoms with van der Waals surface area (Å²) in [6.07, 6.45) is 1.86. The molecule has 1 atom stereocenters.